The average Bonchev–Trinajstić information content (AvgIpc) is 2.36. The van der Waals surface area contributed by atoms with Crippen LogP contribution >= 0.6 is 31.8 Å². The van der Waals surface area contributed by atoms with Crippen LogP contribution in [0.25, 0.3) is 0 Å². The Morgan fingerprint density at radius 1 is 1.27 bits per heavy atom. The Labute approximate surface area is 157 Å². The van der Waals surface area contributed by atoms with E-state index in [1.807, 2.05) is 0 Å². The molecule has 0 fully saturated rings. The molecular formula is C16H22Cl2LiO2P. The number of methoxy groups -OCH3 is 1. The Balaban J connectivity index is 0.00000441. The van der Waals surface area contributed by atoms with Gasteiger partial charge in [0.15, 0.2) is 0 Å². The Hall–Kier alpha value is 0.297. The van der Waals surface area contributed by atoms with Gasteiger partial charge in [0.1, 0.15) is 5.75 Å². The first-order valence-corrected chi connectivity index (χ1v) is 8.73. The van der Waals surface area contributed by atoms with Gasteiger partial charge in [-0.3, -0.25) is 0 Å². The van der Waals surface area contributed by atoms with E-state index in [2.05, 4.69) is 27.7 Å². The normalized spacial score (nSPS) is 13.0. The van der Waals surface area contributed by atoms with Crippen molar-refractivity contribution in [3.8, 4) is 5.75 Å². The number of ether oxygens (including phenoxy) is 1. The zero-order valence-corrected chi connectivity index (χ0v) is 16.6. The van der Waals surface area contributed by atoms with Crippen molar-refractivity contribution in [2.24, 2.45) is 11.3 Å². The van der Waals surface area contributed by atoms with Crippen molar-refractivity contribution in [1.82, 2.24) is 0 Å². The first-order chi connectivity index (χ1) is 9.65. The van der Waals surface area contributed by atoms with Gasteiger partial charge in [-0.2, -0.15) is 6.16 Å². The third kappa shape index (κ3) is 6.82. The Morgan fingerprint density at radius 3 is 2.32 bits per heavy atom. The molecule has 0 aliphatic rings. The monoisotopic (exact) mass is 354 g/mol. The summed E-state index contributed by atoms with van der Waals surface area (Å²) in [6.07, 6.45) is 1.88. The standard InChI is InChI=1S/C16H22Cl2O2P.Li/c1-10(8-16(2,3)4)9-21-15(19)13-11(17)6-7-12(18)14(13)20-5;/h6-7,10H,8-9H2,1-5H3;/q-1;+1. The molecule has 0 aromatic heterocycles. The van der Waals surface area contributed by atoms with Crippen LogP contribution in [0.1, 0.15) is 44.5 Å². The average molecular weight is 355 g/mol. The van der Waals surface area contributed by atoms with Crippen molar-refractivity contribution >= 4 is 37.3 Å². The van der Waals surface area contributed by atoms with Gasteiger partial charge in [-0.05, 0) is 24.0 Å². The summed E-state index contributed by atoms with van der Waals surface area (Å²) < 4.78 is 5.22. The van der Waals surface area contributed by atoms with E-state index < -0.39 is 0 Å². The summed E-state index contributed by atoms with van der Waals surface area (Å²) in [5, 5.41) is 0.792. The van der Waals surface area contributed by atoms with Gasteiger partial charge in [-0.1, -0.05) is 56.8 Å². The minimum Gasteiger partial charge on any atom is -0.494 e. The fourth-order valence-electron chi connectivity index (χ4n) is 2.36. The molecule has 0 spiro atoms. The molecule has 118 valence electrons. The van der Waals surface area contributed by atoms with Crippen LogP contribution in [0.15, 0.2) is 12.1 Å². The summed E-state index contributed by atoms with van der Waals surface area (Å²) in [5.74, 6) is 0.838. The zero-order valence-electron chi connectivity index (χ0n) is 14.2. The van der Waals surface area contributed by atoms with Crippen molar-refractivity contribution in [1.29, 1.82) is 0 Å². The second-order valence-corrected chi connectivity index (χ2v) is 8.36. The molecule has 6 heteroatoms. The van der Waals surface area contributed by atoms with Crippen LogP contribution in [-0.4, -0.2) is 18.8 Å². The molecule has 0 aliphatic heterocycles. The molecule has 1 aromatic rings. The molecule has 0 radical (unpaired) electrons. The van der Waals surface area contributed by atoms with E-state index >= 15 is 0 Å². The summed E-state index contributed by atoms with van der Waals surface area (Å²) in [5.41, 5.74) is 0.611. The molecule has 0 N–H and O–H groups in total. The van der Waals surface area contributed by atoms with E-state index in [1.165, 1.54) is 7.11 Å². The van der Waals surface area contributed by atoms with Gasteiger partial charge < -0.3 is 18.1 Å². The fraction of sp³-hybridized carbons (Fsp3) is 0.562. The third-order valence-corrected chi connectivity index (χ3v) is 4.91. The number of benzene rings is 1. The van der Waals surface area contributed by atoms with Crippen LogP contribution in [0.5, 0.6) is 5.75 Å². The number of hydrogen-bond donors (Lipinski definition) is 0. The van der Waals surface area contributed by atoms with Gasteiger partial charge in [0.2, 0.25) is 0 Å². The summed E-state index contributed by atoms with van der Waals surface area (Å²) in [4.78, 5) is 12.4. The van der Waals surface area contributed by atoms with E-state index in [0.717, 1.165) is 21.2 Å². The van der Waals surface area contributed by atoms with Gasteiger partial charge in [0.05, 0.1) is 17.2 Å². The van der Waals surface area contributed by atoms with E-state index in [9.17, 15) is 4.79 Å². The largest absolute Gasteiger partial charge is 1.00 e. The third-order valence-electron chi connectivity index (χ3n) is 2.98. The molecule has 1 unspecified atom stereocenters. The molecule has 1 atom stereocenters. The molecule has 22 heavy (non-hydrogen) atoms. The van der Waals surface area contributed by atoms with Crippen molar-refractivity contribution in [3.05, 3.63) is 27.7 Å². The molecule has 0 saturated carbocycles. The second-order valence-electron chi connectivity index (χ2n) is 6.45. The van der Waals surface area contributed by atoms with E-state index in [-0.39, 0.29) is 29.8 Å². The zero-order chi connectivity index (χ0) is 16.2. The minimum absolute atomic E-state index is 0. The van der Waals surface area contributed by atoms with Crippen molar-refractivity contribution in [2.45, 2.75) is 34.1 Å². The molecule has 0 heterocycles. The quantitative estimate of drug-likeness (QED) is 0.579. The molecule has 0 bridgehead atoms. The summed E-state index contributed by atoms with van der Waals surface area (Å²) in [6.45, 7) is 8.79. The van der Waals surface area contributed by atoms with E-state index in [1.54, 1.807) is 12.1 Å². The van der Waals surface area contributed by atoms with Crippen LogP contribution in [0.2, 0.25) is 10.0 Å². The molecular weight excluding hydrogens is 333 g/mol. The Kier molecular flexibility index (Phi) is 9.69. The van der Waals surface area contributed by atoms with Crippen molar-refractivity contribution < 1.29 is 28.4 Å². The van der Waals surface area contributed by atoms with Crippen LogP contribution in [0, 0.1) is 11.3 Å². The fourth-order valence-corrected chi connectivity index (χ4v) is 3.88. The number of carbonyl (C=O) groups excluding carboxylic acids is 1. The van der Waals surface area contributed by atoms with Crippen LogP contribution < -0.4 is 23.6 Å². The predicted molar refractivity (Wildman–Crippen MR) is 92.4 cm³/mol. The van der Waals surface area contributed by atoms with Gasteiger partial charge in [-0.15, -0.1) is 0 Å². The van der Waals surface area contributed by atoms with Crippen LogP contribution in [0.3, 0.4) is 0 Å². The summed E-state index contributed by atoms with van der Waals surface area (Å²) in [6, 6.07) is 3.27. The van der Waals surface area contributed by atoms with Crippen molar-refractivity contribution in [2.75, 3.05) is 13.3 Å². The SMILES string of the molecule is COc1c(Cl)ccc(Cl)c1C(=O)[P-]CC(C)CC(C)(C)C.[Li+]. The van der Waals surface area contributed by atoms with E-state index in [0.29, 0.717) is 27.3 Å². The van der Waals surface area contributed by atoms with E-state index in [4.69, 9.17) is 27.9 Å². The van der Waals surface area contributed by atoms with Gasteiger partial charge in [-0.25, -0.2) is 0 Å². The number of hydrogen-bond acceptors (Lipinski definition) is 2. The number of halogens is 2. The first kappa shape index (κ1) is 22.3. The summed E-state index contributed by atoms with van der Waals surface area (Å²) in [7, 11) is 2.22. The Morgan fingerprint density at radius 2 is 1.82 bits per heavy atom. The molecule has 0 aliphatic carbocycles. The first-order valence-electron chi connectivity index (χ1n) is 6.89. The maximum atomic E-state index is 12.4. The van der Waals surface area contributed by atoms with Crippen LogP contribution in [-0.2, 0) is 0 Å². The van der Waals surface area contributed by atoms with Crippen molar-refractivity contribution in [3.63, 3.8) is 0 Å². The second kappa shape index (κ2) is 9.56. The maximum Gasteiger partial charge on any atom is 1.00 e. The summed E-state index contributed by atoms with van der Waals surface area (Å²) >= 11 is 12.2. The molecule has 0 amide bonds. The molecule has 1 aromatic carbocycles. The minimum atomic E-state index is -0.0416. The van der Waals surface area contributed by atoms with Crippen LogP contribution in [0.4, 0.5) is 0 Å². The smallest absolute Gasteiger partial charge is 0.494 e. The van der Waals surface area contributed by atoms with Gasteiger partial charge in [0.25, 0.3) is 0 Å². The molecule has 1 rings (SSSR count). The van der Waals surface area contributed by atoms with Gasteiger partial charge in [0, 0.05) is 11.1 Å². The maximum absolute atomic E-state index is 12.4. The van der Waals surface area contributed by atoms with Gasteiger partial charge >= 0.3 is 18.9 Å². The molecule has 2 nitrogen and oxygen atoms in total. The Bertz CT molecular complexity index is 516. The predicted octanol–water partition coefficient (Wildman–Crippen LogP) is 3.16. The topological polar surface area (TPSA) is 26.3 Å². The number of rotatable bonds is 6. The number of carbonyl (C=O) groups is 1. The molecule has 0 saturated heterocycles.